The van der Waals surface area contributed by atoms with Crippen LogP contribution in [0.3, 0.4) is 0 Å². The number of benzene rings is 1. The molecule has 0 aliphatic rings. The highest BCUT2D eigenvalue weighted by molar-refractivity contribution is 7.84. The molecule has 1 aromatic rings. The second-order valence-corrected chi connectivity index (χ2v) is 5.03. The van der Waals surface area contributed by atoms with Gasteiger partial charge in [0.1, 0.15) is 0 Å². The molecule has 0 saturated carbocycles. The second kappa shape index (κ2) is 7.17. The van der Waals surface area contributed by atoms with Gasteiger partial charge in [-0.2, -0.15) is 0 Å². The lowest BCUT2D eigenvalue weighted by Gasteiger charge is -2.02. The van der Waals surface area contributed by atoms with E-state index in [1.54, 1.807) is 0 Å². The zero-order valence-electron chi connectivity index (χ0n) is 9.35. The predicted octanol–water partition coefficient (Wildman–Crippen LogP) is 1.89. The Bertz CT molecular complexity index is 349. The summed E-state index contributed by atoms with van der Waals surface area (Å²) in [6.07, 6.45) is 0.961. The molecule has 1 aromatic carbocycles. The van der Waals surface area contributed by atoms with Crippen molar-refractivity contribution in [1.82, 2.24) is 0 Å². The van der Waals surface area contributed by atoms with Gasteiger partial charge in [-0.15, -0.1) is 0 Å². The van der Waals surface area contributed by atoms with Crippen LogP contribution in [0.1, 0.15) is 18.4 Å². The largest absolute Gasteiger partial charge is 0.469 e. The molecule has 3 nitrogen and oxygen atoms in total. The van der Waals surface area contributed by atoms with Gasteiger partial charge in [-0.1, -0.05) is 30.3 Å². The van der Waals surface area contributed by atoms with Crippen LogP contribution in [-0.4, -0.2) is 23.0 Å². The van der Waals surface area contributed by atoms with Gasteiger partial charge in [-0.25, -0.2) is 0 Å². The normalized spacial score (nSPS) is 12.1. The molecular weight excluding hydrogens is 224 g/mol. The molecule has 1 atom stereocenters. The minimum Gasteiger partial charge on any atom is -0.469 e. The van der Waals surface area contributed by atoms with Gasteiger partial charge >= 0.3 is 5.97 Å². The van der Waals surface area contributed by atoms with Crippen molar-refractivity contribution in [2.24, 2.45) is 0 Å². The first kappa shape index (κ1) is 12.9. The van der Waals surface area contributed by atoms with Gasteiger partial charge < -0.3 is 4.74 Å². The first-order valence-corrected chi connectivity index (χ1v) is 6.67. The van der Waals surface area contributed by atoms with E-state index < -0.39 is 10.8 Å². The maximum Gasteiger partial charge on any atom is 0.305 e. The molecule has 0 spiro atoms. The average Bonchev–Trinajstić information content (AvgIpc) is 2.30. The van der Waals surface area contributed by atoms with Crippen LogP contribution in [0.15, 0.2) is 30.3 Å². The van der Waals surface area contributed by atoms with E-state index in [0.29, 0.717) is 24.3 Å². The summed E-state index contributed by atoms with van der Waals surface area (Å²) in [6, 6.07) is 9.71. The lowest BCUT2D eigenvalue weighted by atomic mass is 10.2. The van der Waals surface area contributed by atoms with E-state index in [1.165, 1.54) is 7.11 Å². The van der Waals surface area contributed by atoms with Crippen molar-refractivity contribution in [1.29, 1.82) is 0 Å². The number of hydrogen-bond acceptors (Lipinski definition) is 3. The first-order valence-electron chi connectivity index (χ1n) is 5.18. The summed E-state index contributed by atoms with van der Waals surface area (Å²) in [4.78, 5) is 10.8. The number of methoxy groups -OCH3 is 1. The summed E-state index contributed by atoms with van der Waals surface area (Å²) in [5, 5.41) is 0. The summed E-state index contributed by atoms with van der Waals surface area (Å²) >= 11 is 0. The van der Waals surface area contributed by atoms with Crippen molar-refractivity contribution >= 4 is 16.8 Å². The maximum atomic E-state index is 11.6. The van der Waals surface area contributed by atoms with Gasteiger partial charge in [0.15, 0.2) is 0 Å². The van der Waals surface area contributed by atoms with Gasteiger partial charge in [-0.05, 0) is 12.0 Å². The van der Waals surface area contributed by atoms with Gasteiger partial charge in [0.25, 0.3) is 0 Å². The Balaban J connectivity index is 2.24. The zero-order chi connectivity index (χ0) is 11.8. The third kappa shape index (κ3) is 5.07. The van der Waals surface area contributed by atoms with Crippen molar-refractivity contribution < 1.29 is 13.7 Å². The van der Waals surface area contributed by atoms with Crippen LogP contribution in [-0.2, 0) is 26.1 Å². The Morgan fingerprint density at radius 1 is 1.31 bits per heavy atom. The Kier molecular flexibility index (Phi) is 5.78. The van der Waals surface area contributed by atoms with Crippen molar-refractivity contribution in [3.05, 3.63) is 35.9 Å². The third-order valence-corrected chi connectivity index (χ3v) is 3.55. The fraction of sp³-hybridized carbons (Fsp3) is 0.417. The highest BCUT2D eigenvalue weighted by Gasteiger charge is 2.04. The summed E-state index contributed by atoms with van der Waals surface area (Å²) < 4.78 is 16.2. The summed E-state index contributed by atoms with van der Waals surface area (Å²) in [5.74, 6) is 0.864. The van der Waals surface area contributed by atoms with Crippen LogP contribution in [0.4, 0.5) is 0 Å². The van der Waals surface area contributed by atoms with Crippen molar-refractivity contribution in [2.45, 2.75) is 18.6 Å². The summed E-state index contributed by atoms with van der Waals surface area (Å²) in [5.41, 5.74) is 1.07. The number of carbonyl (C=O) groups is 1. The Hall–Kier alpha value is -1.16. The van der Waals surface area contributed by atoms with Gasteiger partial charge in [0.2, 0.25) is 0 Å². The molecule has 0 N–H and O–H groups in total. The molecule has 0 aliphatic heterocycles. The number of ether oxygens (including phenoxy) is 1. The number of hydrogen-bond donors (Lipinski definition) is 0. The minimum atomic E-state index is -0.897. The zero-order valence-corrected chi connectivity index (χ0v) is 10.2. The molecule has 0 bridgehead atoms. The maximum absolute atomic E-state index is 11.6. The van der Waals surface area contributed by atoms with E-state index >= 15 is 0 Å². The van der Waals surface area contributed by atoms with Crippen molar-refractivity contribution in [3.8, 4) is 0 Å². The Labute approximate surface area is 98.3 Å². The number of rotatable bonds is 6. The van der Waals surface area contributed by atoms with E-state index in [9.17, 15) is 9.00 Å². The Morgan fingerprint density at radius 3 is 2.62 bits per heavy atom. The standard InChI is InChI=1S/C12H16O3S/c1-15-12(13)8-5-9-16(14)10-11-6-3-2-4-7-11/h2-4,6-7H,5,8-10H2,1H3. The van der Waals surface area contributed by atoms with E-state index in [2.05, 4.69) is 4.74 Å². The van der Waals surface area contributed by atoms with Crippen LogP contribution in [0.5, 0.6) is 0 Å². The number of esters is 1. The topological polar surface area (TPSA) is 43.4 Å². The van der Waals surface area contributed by atoms with E-state index in [1.807, 2.05) is 30.3 Å². The van der Waals surface area contributed by atoms with Crippen LogP contribution in [0, 0.1) is 0 Å². The molecule has 0 aliphatic carbocycles. The minimum absolute atomic E-state index is 0.239. The summed E-state index contributed by atoms with van der Waals surface area (Å²) in [7, 11) is 0.467. The van der Waals surface area contributed by atoms with Gasteiger partial charge in [-0.3, -0.25) is 9.00 Å². The molecule has 1 rings (SSSR count). The third-order valence-electron chi connectivity index (χ3n) is 2.15. The summed E-state index contributed by atoms with van der Waals surface area (Å²) in [6.45, 7) is 0. The molecule has 0 radical (unpaired) electrons. The predicted molar refractivity (Wildman–Crippen MR) is 64.4 cm³/mol. The fourth-order valence-corrected chi connectivity index (χ4v) is 2.49. The number of carbonyl (C=O) groups excluding carboxylic acids is 1. The lowest BCUT2D eigenvalue weighted by Crippen LogP contribution is -2.05. The van der Waals surface area contributed by atoms with E-state index in [4.69, 9.17) is 0 Å². The van der Waals surface area contributed by atoms with E-state index in [-0.39, 0.29) is 5.97 Å². The van der Waals surface area contributed by atoms with Crippen molar-refractivity contribution in [3.63, 3.8) is 0 Å². The van der Waals surface area contributed by atoms with Crippen LogP contribution >= 0.6 is 0 Å². The van der Waals surface area contributed by atoms with E-state index in [0.717, 1.165) is 5.56 Å². The molecule has 0 saturated heterocycles. The molecule has 0 heterocycles. The fourth-order valence-electron chi connectivity index (χ4n) is 1.31. The lowest BCUT2D eigenvalue weighted by molar-refractivity contribution is -0.140. The Morgan fingerprint density at radius 2 is 2.00 bits per heavy atom. The van der Waals surface area contributed by atoms with Crippen LogP contribution in [0.2, 0.25) is 0 Å². The molecule has 0 aromatic heterocycles. The van der Waals surface area contributed by atoms with Crippen LogP contribution in [0.25, 0.3) is 0 Å². The first-order chi connectivity index (χ1) is 7.72. The quantitative estimate of drug-likeness (QED) is 0.713. The highest BCUT2D eigenvalue weighted by atomic mass is 32.2. The molecular formula is C12H16O3S. The average molecular weight is 240 g/mol. The second-order valence-electron chi connectivity index (χ2n) is 3.45. The monoisotopic (exact) mass is 240 g/mol. The van der Waals surface area contributed by atoms with Gasteiger partial charge in [0, 0.05) is 28.7 Å². The molecule has 16 heavy (non-hydrogen) atoms. The molecule has 4 heteroatoms. The van der Waals surface area contributed by atoms with Gasteiger partial charge in [0.05, 0.1) is 7.11 Å². The highest BCUT2D eigenvalue weighted by Crippen LogP contribution is 2.04. The van der Waals surface area contributed by atoms with Crippen molar-refractivity contribution in [2.75, 3.05) is 12.9 Å². The molecule has 1 unspecified atom stereocenters. The smallest absolute Gasteiger partial charge is 0.305 e. The molecule has 88 valence electrons. The molecule has 0 fully saturated rings. The SMILES string of the molecule is COC(=O)CCCS(=O)Cc1ccccc1. The molecule has 0 amide bonds. The van der Waals surface area contributed by atoms with Crippen LogP contribution < -0.4 is 0 Å².